The lowest BCUT2D eigenvalue weighted by Gasteiger charge is -2.19. The SMILES string of the molecule is CC/C=C\C/C=C\C/C=C\C/C=C\C/C=C\CCCCCCCC(=O)OC(COC(=O)CCCCCCCCCCCCCC/C=C\C/C=C\C/C=C\C/C=C\CC)COP(=O)(O)OCCN. The Bertz CT molecular complexity index is 1460. The van der Waals surface area contributed by atoms with Crippen LogP contribution in [-0.2, 0) is 32.7 Å². The molecule has 0 fully saturated rings. The van der Waals surface area contributed by atoms with Gasteiger partial charge in [0, 0.05) is 19.4 Å². The quantitative estimate of drug-likeness (QED) is 0.0264. The molecule has 0 amide bonds. The number of allylic oxidation sites excluding steroid dienone is 18. The van der Waals surface area contributed by atoms with E-state index in [-0.39, 0.29) is 32.6 Å². The van der Waals surface area contributed by atoms with Crippen LogP contribution in [0.4, 0.5) is 0 Å². The van der Waals surface area contributed by atoms with Crippen molar-refractivity contribution in [1.29, 1.82) is 0 Å². The average molecular weight is 954 g/mol. The molecule has 0 aliphatic carbocycles. The number of hydrogen-bond donors (Lipinski definition) is 2. The molecular formula is C57H96NO8P. The second-order valence-electron chi connectivity index (χ2n) is 17.0. The first kappa shape index (κ1) is 63.7. The van der Waals surface area contributed by atoms with Gasteiger partial charge in [0.05, 0.1) is 13.2 Å². The Balaban J connectivity index is 4.08. The van der Waals surface area contributed by atoms with E-state index < -0.39 is 32.5 Å². The van der Waals surface area contributed by atoms with Crippen molar-refractivity contribution in [2.75, 3.05) is 26.4 Å². The molecule has 3 N–H and O–H groups in total. The molecule has 0 rings (SSSR count). The first-order valence-electron chi connectivity index (χ1n) is 26.4. The van der Waals surface area contributed by atoms with E-state index in [1.807, 2.05) is 0 Å². The smallest absolute Gasteiger partial charge is 0.462 e. The Hall–Kier alpha value is -3.33. The van der Waals surface area contributed by atoms with Crippen LogP contribution in [-0.4, -0.2) is 49.3 Å². The second kappa shape index (κ2) is 52.0. The molecule has 2 atom stereocenters. The van der Waals surface area contributed by atoms with Gasteiger partial charge in [0.2, 0.25) is 0 Å². The highest BCUT2D eigenvalue weighted by Crippen LogP contribution is 2.43. The van der Waals surface area contributed by atoms with Gasteiger partial charge in [-0.3, -0.25) is 18.6 Å². The summed E-state index contributed by atoms with van der Waals surface area (Å²) in [4.78, 5) is 35.1. The van der Waals surface area contributed by atoms with Crippen molar-refractivity contribution in [3.63, 3.8) is 0 Å². The first-order valence-corrected chi connectivity index (χ1v) is 27.9. The molecular weight excluding hydrogens is 858 g/mol. The van der Waals surface area contributed by atoms with Crippen LogP contribution in [0.2, 0.25) is 0 Å². The number of unbranched alkanes of at least 4 members (excludes halogenated alkanes) is 17. The van der Waals surface area contributed by atoms with Crippen molar-refractivity contribution in [3.05, 3.63) is 109 Å². The standard InChI is InChI=1S/C57H96NO8P/c1-3-5-7-9-11-13-15-17-19-21-23-25-26-27-28-30-31-33-35-37-39-41-43-45-47-49-56(59)63-53-55(54-65-67(61,62)64-52-51-58)66-57(60)50-48-46-44-42-40-38-36-34-32-29-24-22-20-18-16-14-12-10-8-6-4-2/h5-8,11-14,17-20,23-25,29,34,36,55H,3-4,9-10,15-16,21-22,26-28,30-33,35,37-54,58H2,1-2H3,(H,61,62)/b7-5-,8-6-,13-11-,14-12-,19-17-,20-18-,25-23-,29-24-,36-34-. The molecule has 0 saturated heterocycles. The van der Waals surface area contributed by atoms with Crippen LogP contribution in [0.15, 0.2) is 109 Å². The number of carbonyl (C=O) groups is 2. The van der Waals surface area contributed by atoms with Crippen LogP contribution < -0.4 is 5.73 Å². The number of phosphoric acid groups is 1. The van der Waals surface area contributed by atoms with E-state index in [1.165, 1.54) is 57.8 Å². The fourth-order valence-corrected chi connectivity index (χ4v) is 7.59. The summed E-state index contributed by atoms with van der Waals surface area (Å²) in [6, 6.07) is 0. The minimum Gasteiger partial charge on any atom is -0.462 e. The van der Waals surface area contributed by atoms with Crippen molar-refractivity contribution < 1.29 is 37.6 Å². The molecule has 0 radical (unpaired) electrons. The minimum absolute atomic E-state index is 0.0439. The molecule has 0 aromatic heterocycles. The first-order chi connectivity index (χ1) is 32.8. The molecule has 0 aliphatic heterocycles. The third-order valence-electron chi connectivity index (χ3n) is 10.7. The van der Waals surface area contributed by atoms with Crippen LogP contribution in [0.5, 0.6) is 0 Å². The van der Waals surface area contributed by atoms with Crippen molar-refractivity contribution in [2.24, 2.45) is 5.73 Å². The molecule has 382 valence electrons. The number of carbonyl (C=O) groups excluding carboxylic acids is 2. The van der Waals surface area contributed by atoms with Gasteiger partial charge in [-0.05, 0) is 96.3 Å². The van der Waals surface area contributed by atoms with Crippen LogP contribution in [0.1, 0.15) is 206 Å². The zero-order valence-corrected chi connectivity index (χ0v) is 43.2. The van der Waals surface area contributed by atoms with E-state index >= 15 is 0 Å². The van der Waals surface area contributed by atoms with Crippen molar-refractivity contribution >= 4 is 19.8 Å². The molecule has 9 nitrogen and oxygen atoms in total. The van der Waals surface area contributed by atoms with Crippen LogP contribution >= 0.6 is 7.82 Å². The van der Waals surface area contributed by atoms with Gasteiger partial charge >= 0.3 is 19.8 Å². The van der Waals surface area contributed by atoms with Crippen LogP contribution in [0.3, 0.4) is 0 Å². The molecule has 0 bridgehead atoms. The fourth-order valence-electron chi connectivity index (χ4n) is 6.83. The van der Waals surface area contributed by atoms with Crippen molar-refractivity contribution in [1.82, 2.24) is 0 Å². The number of rotatable bonds is 48. The lowest BCUT2D eigenvalue weighted by atomic mass is 10.0. The van der Waals surface area contributed by atoms with Gasteiger partial charge in [-0.1, -0.05) is 207 Å². The van der Waals surface area contributed by atoms with Crippen molar-refractivity contribution in [3.8, 4) is 0 Å². The third-order valence-corrected chi connectivity index (χ3v) is 11.6. The average Bonchev–Trinajstić information content (AvgIpc) is 3.32. The lowest BCUT2D eigenvalue weighted by Crippen LogP contribution is -2.29. The summed E-state index contributed by atoms with van der Waals surface area (Å²) in [7, 11) is -4.40. The maximum atomic E-state index is 12.7. The molecule has 0 heterocycles. The normalized spacial score (nSPS) is 14.0. The number of phosphoric ester groups is 1. The summed E-state index contributed by atoms with van der Waals surface area (Å²) in [6.07, 6.45) is 69.8. The van der Waals surface area contributed by atoms with Gasteiger partial charge in [-0.25, -0.2) is 4.57 Å². The molecule has 0 aromatic rings. The maximum absolute atomic E-state index is 12.7. The van der Waals surface area contributed by atoms with Gasteiger partial charge < -0.3 is 20.1 Å². The largest absolute Gasteiger partial charge is 0.472 e. The van der Waals surface area contributed by atoms with Crippen LogP contribution in [0, 0.1) is 0 Å². The number of esters is 2. The molecule has 2 unspecified atom stereocenters. The zero-order chi connectivity index (χ0) is 48.8. The summed E-state index contributed by atoms with van der Waals surface area (Å²) >= 11 is 0. The Morgan fingerprint density at radius 1 is 0.448 bits per heavy atom. The van der Waals surface area contributed by atoms with E-state index in [9.17, 15) is 19.0 Å². The zero-order valence-electron chi connectivity index (χ0n) is 42.3. The van der Waals surface area contributed by atoms with Crippen LogP contribution in [0.25, 0.3) is 0 Å². The highest BCUT2D eigenvalue weighted by Gasteiger charge is 2.26. The monoisotopic (exact) mass is 954 g/mol. The number of nitrogens with two attached hydrogens (primary N) is 1. The van der Waals surface area contributed by atoms with E-state index in [1.54, 1.807) is 0 Å². The molecule has 0 aliphatic rings. The molecule has 0 saturated carbocycles. The predicted molar refractivity (Wildman–Crippen MR) is 284 cm³/mol. The highest BCUT2D eigenvalue weighted by atomic mass is 31.2. The Labute approximate surface area is 409 Å². The number of ether oxygens (including phenoxy) is 2. The van der Waals surface area contributed by atoms with E-state index in [0.717, 1.165) is 116 Å². The Kier molecular flexibility index (Phi) is 49.5. The molecule has 67 heavy (non-hydrogen) atoms. The van der Waals surface area contributed by atoms with E-state index in [2.05, 4.69) is 123 Å². The molecule has 0 spiro atoms. The Morgan fingerprint density at radius 3 is 1.15 bits per heavy atom. The number of hydrogen-bond acceptors (Lipinski definition) is 8. The molecule has 10 heteroatoms. The summed E-state index contributed by atoms with van der Waals surface area (Å²) in [5, 5.41) is 0. The Morgan fingerprint density at radius 2 is 0.776 bits per heavy atom. The van der Waals surface area contributed by atoms with Crippen molar-refractivity contribution in [2.45, 2.75) is 213 Å². The summed E-state index contributed by atoms with van der Waals surface area (Å²) in [6.45, 7) is 3.48. The predicted octanol–water partition coefficient (Wildman–Crippen LogP) is 16.3. The van der Waals surface area contributed by atoms with Gasteiger partial charge in [0.25, 0.3) is 0 Å². The molecule has 0 aromatic carbocycles. The van der Waals surface area contributed by atoms with E-state index in [4.69, 9.17) is 24.3 Å². The van der Waals surface area contributed by atoms with Gasteiger partial charge in [0.1, 0.15) is 6.61 Å². The minimum atomic E-state index is -4.40. The summed E-state index contributed by atoms with van der Waals surface area (Å²) in [5.74, 6) is -0.858. The van der Waals surface area contributed by atoms with E-state index in [0.29, 0.717) is 6.42 Å². The van der Waals surface area contributed by atoms with Gasteiger partial charge in [0.15, 0.2) is 6.10 Å². The van der Waals surface area contributed by atoms with Gasteiger partial charge in [-0.2, -0.15) is 0 Å². The topological polar surface area (TPSA) is 134 Å². The van der Waals surface area contributed by atoms with Gasteiger partial charge in [-0.15, -0.1) is 0 Å². The summed E-state index contributed by atoms with van der Waals surface area (Å²) < 4.78 is 32.9. The third kappa shape index (κ3) is 51.9. The maximum Gasteiger partial charge on any atom is 0.472 e. The highest BCUT2D eigenvalue weighted by molar-refractivity contribution is 7.47. The second-order valence-corrected chi connectivity index (χ2v) is 18.4. The fraction of sp³-hybridized carbons (Fsp3) is 0.649. The summed E-state index contributed by atoms with van der Waals surface area (Å²) in [5.41, 5.74) is 5.37. The lowest BCUT2D eigenvalue weighted by molar-refractivity contribution is -0.161.